The van der Waals surface area contributed by atoms with E-state index in [4.69, 9.17) is 4.74 Å². The minimum absolute atomic E-state index is 0.180. The Morgan fingerprint density at radius 1 is 1.37 bits per heavy atom. The number of hydrogen-bond acceptors (Lipinski definition) is 4. The summed E-state index contributed by atoms with van der Waals surface area (Å²) in [4.78, 5) is 14.8. The number of hydrogen-bond donors (Lipinski definition) is 1. The molecule has 0 saturated carbocycles. The topological polar surface area (TPSA) is 59.4 Å². The maximum atomic E-state index is 13.6. The maximum Gasteiger partial charge on any atom is 0.435 e. The molecule has 0 radical (unpaired) electrons. The van der Waals surface area contributed by atoms with Crippen molar-refractivity contribution in [2.24, 2.45) is 0 Å². The molecule has 2 heterocycles. The Morgan fingerprint density at radius 2 is 2.04 bits per heavy atom. The summed E-state index contributed by atoms with van der Waals surface area (Å²) >= 11 is 0. The van der Waals surface area contributed by atoms with Gasteiger partial charge in [-0.05, 0) is 47.1 Å². The van der Waals surface area contributed by atoms with Gasteiger partial charge in [-0.15, -0.1) is 0 Å². The lowest BCUT2D eigenvalue weighted by atomic mass is 10.0. The molecule has 1 aliphatic rings. The second-order valence-electron chi connectivity index (χ2n) is 7.47. The Hall–Kier alpha value is -1.61. The molecule has 1 amide bonds. The van der Waals surface area contributed by atoms with Crippen molar-refractivity contribution in [3.63, 3.8) is 0 Å². The van der Waals surface area contributed by atoms with E-state index >= 15 is 0 Å². The van der Waals surface area contributed by atoms with Crippen LogP contribution in [0.25, 0.3) is 0 Å². The average Bonchev–Trinajstić information content (AvgIpc) is 2.92. The van der Waals surface area contributed by atoms with E-state index in [1.165, 1.54) is 18.7 Å². The lowest BCUT2D eigenvalue weighted by Gasteiger charge is -2.35. The monoisotopic (exact) mass is 390 g/mol. The number of halogens is 3. The highest BCUT2D eigenvalue weighted by atomic mass is 19.4. The highest BCUT2D eigenvalue weighted by Gasteiger charge is 2.42. The number of alkyl halides is 3. The smallest absolute Gasteiger partial charge is 0.383 e. The minimum Gasteiger partial charge on any atom is -0.383 e. The first-order valence-electron chi connectivity index (χ1n) is 9.26. The van der Waals surface area contributed by atoms with Crippen LogP contribution in [0.3, 0.4) is 0 Å². The van der Waals surface area contributed by atoms with Gasteiger partial charge in [0.2, 0.25) is 0 Å². The summed E-state index contributed by atoms with van der Waals surface area (Å²) in [5.74, 6) is -0.771. The lowest BCUT2D eigenvalue weighted by molar-refractivity contribution is -0.142. The van der Waals surface area contributed by atoms with Crippen LogP contribution in [-0.2, 0) is 10.9 Å². The molecule has 0 spiro atoms. The standard InChI is InChI=1S/C18H29F3N4O2/c1-11(2)24-8-6-7-14(9-24)25-13(4)15(16(23-25)18(19,20)21)17(26)22-12(3)10-27-5/h11-12,14H,6-10H2,1-5H3,(H,22,26)/t12-,14+/m0/s1. The average molecular weight is 390 g/mol. The van der Waals surface area contributed by atoms with Gasteiger partial charge in [0, 0.05) is 31.4 Å². The molecule has 1 fully saturated rings. The molecule has 6 nitrogen and oxygen atoms in total. The summed E-state index contributed by atoms with van der Waals surface area (Å²) in [6.07, 6.45) is -3.07. The van der Waals surface area contributed by atoms with Gasteiger partial charge >= 0.3 is 6.18 Å². The second kappa shape index (κ2) is 8.60. The van der Waals surface area contributed by atoms with Crippen molar-refractivity contribution in [3.05, 3.63) is 17.0 Å². The maximum absolute atomic E-state index is 13.6. The number of methoxy groups -OCH3 is 1. The molecule has 0 aliphatic carbocycles. The van der Waals surface area contributed by atoms with Gasteiger partial charge in [-0.3, -0.25) is 14.4 Å². The molecule has 1 saturated heterocycles. The fourth-order valence-electron chi connectivity index (χ4n) is 3.58. The van der Waals surface area contributed by atoms with Gasteiger partial charge in [-0.1, -0.05) is 0 Å². The number of piperidine rings is 1. The van der Waals surface area contributed by atoms with Gasteiger partial charge in [-0.2, -0.15) is 18.3 Å². The Morgan fingerprint density at radius 3 is 2.59 bits per heavy atom. The molecular weight excluding hydrogens is 361 g/mol. The fraction of sp³-hybridized carbons (Fsp3) is 0.778. The van der Waals surface area contributed by atoms with Gasteiger partial charge in [0.05, 0.1) is 18.2 Å². The normalized spacial score (nSPS) is 20.1. The third-order valence-corrected chi connectivity index (χ3v) is 4.94. The summed E-state index contributed by atoms with van der Waals surface area (Å²) in [5, 5.41) is 6.41. The molecule has 2 atom stereocenters. The first-order chi connectivity index (χ1) is 12.6. The van der Waals surface area contributed by atoms with Crippen LogP contribution in [0.2, 0.25) is 0 Å². The second-order valence-corrected chi connectivity index (χ2v) is 7.47. The van der Waals surface area contributed by atoms with Crippen LogP contribution in [-0.4, -0.2) is 59.5 Å². The summed E-state index contributed by atoms with van der Waals surface area (Å²) in [6.45, 7) is 9.10. The number of ether oxygens (including phenoxy) is 1. The Labute approximate surface area is 158 Å². The van der Waals surface area contributed by atoms with E-state index in [2.05, 4.69) is 29.2 Å². The molecule has 0 bridgehead atoms. The van der Waals surface area contributed by atoms with Crippen LogP contribution in [0.4, 0.5) is 13.2 Å². The molecule has 154 valence electrons. The number of rotatable bonds is 6. The largest absolute Gasteiger partial charge is 0.435 e. The van der Waals surface area contributed by atoms with Crippen LogP contribution < -0.4 is 5.32 Å². The van der Waals surface area contributed by atoms with Crippen molar-refractivity contribution in [1.29, 1.82) is 0 Å². The summed E-state index contributed by atoms with van der Waals surface area (Å²) in [5.41, 5.74) is -1.27. The molecule has 1 N–H and O–H groups in total. The zero-order valence-electron chi connectivity index (χ0n) is 16.6. The Bertz CT molecular complexity index is 658. The lowest BCUT2D eigenvalue weighted by Crippen LogP contribution is -2.41. The molecular formula is C18H29F3N4O2. The zero-order valence-corrected chi connectivity index (χ0v) is 16.6. The zero-order chi connectivity index (χ0) is 20.4. The number of likely N-dealkylation sites (tertiary alicyclic amines) is 1. The number of carbonyl (C=O) groups is 1. The van der Waals surface area contributed by atoms with E-state index in [1.54, 1.807) is 6.92 Å². The predicted octanol–water partition coefficient (Wildman–Crippen LogP) is 3.02. The fourth-order valence-corrected chi connectivity index (χ4v) is 3.58. The minimum atomic E-state index is -4.69. The van der Waals surface area contributed by atoms with Gasteiger partial charge in [0.1, 0.15) is 0 Å². The van der Waals surface area contributed by atoms with E-state index in [0.29, 0.717) is 12.6 Å². The van der Waals surface area contributed by atoms with Gasteiger partial charge in [0.25, 0.3) is 5.91 Å². The molecule has 1 aliphatic heterocycles. The van der Waals surface area contributed by atoms with Crippen molar-refractivity contribution in [2.75, 3.05) is 26.8 Å². The highest BCUT2D eigenvalue weighted by molar-refractivity contribution is 5.96. The molecule has 2 rings (SSSR count). The molecule has 1 aromatic rings. The first kappa shape index (κ1) is 21.7. The van der Waals surface area contributed by atoms with Crippen molar-refractivity contribution in [3.8, 4) is 0 Å². The van der Waals surface area contributed by atoms with E-state index in [-0.39, 0.29) is 18.3 Å². The Balaban J connectivity index is 2.38. The summed E-state index contributed by atoms with van der Waals surface area (Å²) < 4.78 is 47.0. The molecule has 1 aromatic heterocycles. The third-order valence-electron chi connectivity index (χ3n) is 4.94. The van der Waals surface area contributed by atoms with Crippen LogP contribution in [0, 0.1) is 6.92 Å². The molecule has 27 heavy (non-hydrogen) atoms. The molecule has 0 aromatic carbocycles. The van der Waals surface area contributed by atoms with Crippen molar-refractivity contribution >= 4 is 5.91 Å². The predicted molar refractivity (Wildman–Crippen MR) is 95.8 cm³/mol. The van der Waals surface area contributed by atoms with Gasteiger partial charge in [0.15, 0.2) is 5.69 Å². The molecule has 0 unspecified atom stereocenters. The van der Waals surface area contributed by atoms with Crippen LogP contribution in [0.1, 0.15) is 61.4 Å². The van der Waals surface area contributed by atoms with Crippen molar-refractivity contribution < 1.29 is 22.7 Å². The number of nitrogens with one attached hydrogen (secondary N) is 1. The van der Waals surface area contributed by atoms with E-state index < -0.39 is 29.4 Å². The number of carbonyl (C=O) groups excluding carboxylic acids is 1. The number of nitrogens with zero attached hydrogens (tertiary/aromatic N) is 3. The van der Waals surface area contributed by atoms with Gasteiger partial charge < -0.3 is 10.1 Å². The van der Waals surface area contributed by atoms with Crippen LogP contribution in [0.15, 0.2) is 0 Å². The van der Waals surface area contributed by atoms with Crippen molar-refractivity contribution in [1.82, 2.24) is 20.0 Å². The van der Waals surface area contributed by atoms with Gasteiger partial charge in [-0.25, -0.2) is 0 Å². The summed E-state index contributed by atoms with van der Waals surface area (Å²) in [6, 6.07) is -0.277. The quantitative estimate of drug-likeness (QED) is 0.811. The van der Waals surface area contributed by atoms with E-state index in [1.807, 2.05) is 0 Å². The SMILES string of the molecule is COC[C@H](C)NC(=O)c1c(C(F)(F)F)nn([C@@H]2CCCN(C(C)C)C2)c1C. The third kappa shape index (κ3) is 5.01. The van der Waals surface area contributed by atoms with Crippen molar-refractivity contribution in [2.45, 2.75) is 64.8 Å². The van der Waals surface area contributed by atoms with Crippen LogP contribution >= 0.6 is 0 Å². The van der Waals surface area contributed by atoms with Crippen LogP contribution in [0.5, 0.6) is 0 Å². The summed E-state index contributed by atoms with van der Waals surface area (Å²) in [7, 11) is 1.47. The van der Waals surface area contributed by atoms with E-state index in [0.717, 1.165) is 19.4 Å². The first-order valence-corrected chi connectivity index (χ1v) is 9.26. The van der Waals surface area contributed by atoms with E-state index in [9.17, 15) is 18.0 Å². The Kier molecular flexibility index (Phi) is 6.91. The number of amides is 1. The highest BCUT2D eigenvalue weighted by Crippen LogP contribution is 2.35. The number of aromatic nitrogens is 2. The molecule has 9 heteroatoms.